The van der Waals surface area contributed by atoms with Gasteiger partial charge in [0.15, 0.2) is 0 Å². The van der Waals surface area contributed by atoms with Crippen LogP contribution in [-0.4, -0.2) is 41.8 Å². The lowest BCUT2D eigenvalue weighted by Gasteiger charge is -2.26. The van der Waals surface area contributed by atoms with E-state index >= 15 is 0 Å². The number of nitrogens with one attached hydrogen (secondary N) is 1. The first-order valence-electron chi connectivity index (χ1n) is 7.21. The predicted octanol–water partition coefficient (Wildman–Crippen LogP) is 3.02. The van der Waals surface area contributed by atoms with Crippen molar-refractivity contribution in [2.45, 2.75) is 39.7 Å². The first kappa shape index (κ1) is 17.3. The van der Waals surface area contributed by atoms with Gasteiger partial charge in [0.25, 0.3) is 0 Å². The van der Waals surface area contributed by atoms with E-state index in [1.165, 1.54) is 4.90 Å². The predicted molar refractivity (Wildman–Crippen MR) is 84.9 cm³/mol. The fourth-order valence-corrected chi connectivity index (χ4v) is 1.93. The zero-order valence-electron chi connectivity index (χ0n) is 13.6. The average molecular weight is 294 g/mol. The highest BCUT2D eigenvalue weighted by Gasteiger charge is 2.20. The van der Waals surface area contributed by atoms with Gasteiger partial charge in [0, 0.05) is 7.05 Å². The van der Waals surface area contributed by atoms with Gasteiger partial charge in [-0.25, -0.2) is 4.79 Å². The molecular weight excluding hydrogens is 268 g/mol. The van der Waals surface area contributed by atoms with Crippen LogP contribution in [-0.2, 0) is 0 Å². The quantitative estimate of drug-likeness (QED) is 0.847. The monoisotopic (exact) mass is 294 g/mol. The molecule has 0 fully saturated rings. The highest BCUT2D eigenvalue weighted by Crippen LogP contribution is 2.26. The fraction of sp³-hybridized carbons (Fsp3) is 0.562. The minimum Gasteiger partial charge on any atom is -0.491 e. The number of carbonyl (C=O) groups excluding carboxylic acids is 1. The number of carbonyl (C=O) groups is 1. The van der Waals surface area contributed by atoms with E-state index in [9.17, 15) is 9.90 Å². The third kappa shape index (κ3) is 6.04. The number of amides is 2. The van der Waals surface area contributed by atoms with Crippen LogP contribution in [0.3, 0.4) is 0 Å². The summed E-state index contributed by atoms with van der Waals surface area (Å²) >= 11 is 0. The molecule has 0 spiro atoms. The third-order valence-corrected chi connectivity index (χ3v) is 2.81. The van der Waals surface area contributed by atoms with Crippen molar-refractivity contribution >= 4 is 11.7 Å². The molecule has 0 saturated heterocycles. The molecule has 0 saturated carbocycles. The van der Waals surface area contributed by atoms with Crippen molar-refractivity contribution in [2.24, 2.45) is 0 Å². The molecule has 0 aliphatic carbocycles. The number of benzene rings is 1. The standard InChI is InChI=1S/C16H26N2O3/c1-6-9-21-14-10-12(2)7-8-13(14)17-15(19)18(5)11-16(3,4)20/h7-8,10,20H,6,9,11H2,1-5H3,(H,17,19). The number of aryl methyl sites for hydroxylation is 1. The van der Waals surface area contributed by atoms with Crippen molar-refractivity contribution in [3.8, 4) is 5.75 Å². The van der Waals surface area contributed by atoms with Gasteiger partial charge in [0.1, 0.15) is 5.75 Å². The van der Waals surface area contributed by atoms with E-state index in [-0.39, 0.29) is 12.6 Å². The normalized spacial score (nSPS) is 11.1. The SMILES string of the molecule is CCCOc1cc(C)ccc1NC(=O)N(C)CC(C)(C)O. The molecule has 1 aromatic rings. The topological polar surface area (TPSA) is 61.8 Å². The number of nitrogens with zero attached hydrogens (tertiary/aromatic N) is 1. The van der Waals surface area contributed by atoms with Gasteiger partial charge in [0.2, 0.25) is 0 Å². The lowest BCUT2D eigenvalue weighted by atomic mass is 10.1. The second-order valence-corrected chi connectivity index (χ2v) is 5.95. The van der Waals surface area contributed by atoms with Crippen molar-refractivity contribution in [2.75, 3.05) is 25.5 Å². The molecule has 0 unspecified atom stereocenters. The molecule has 0 aliphatic rings. The molecule has 0 aromatic heterocycles. The molecule has 0 heterocycles. The molecule has 2 amide bonds. The Labute approximate surface area is 126 Å². The van der Waals surface area contributed by atoms with E-state index in [1.54, 1.807) is 20.9 Å². The minimum atomic E-state index is -0.930. The van der Waals surface area contributed by atoms with Crippen molar-refractivity contribution < 1.29 is 14.6 Å². The first-order chi connectivity index (χ1) is 9.73. The number of likely N-dealkylation sites (N-methyl/N-ethyl adjacent to an activating group) is 1. The maximum atomic E-state index is 12.1. The number of rotatable bonds is 6. The maximum Gasteiger partial charge on any atom is 0.321 e. The lowest BCUT2D eigenvalue weighted by molar-refractivity contribution is 0.0550. The van der Waals surface area contributed by atoms with E-state index in [1.807, 2.05) is 32.0 Å². The fourth-order valence-electron chi connectivity index (χ4n) is 1.93. The molecular formula is C16H26N2O3. The van der Waals surface area contributed by atoms with Crippen LogP contribution in [0.25, 0.3) is 0 Å². The van der Waals surface area contributed by atoms with E-state index < -0.39 is 5.60 Å². The van der Waals surface area contributed by atoms with Gasteiger partial charge in [-0.1, -0.05) is 13.0 Å². The number of urea groups is 1. The summed E-state index contributed by atoms with van der Waals surface area (Å²) < 4.78 is 5.67. The van der Waals surface area contributed by atoms with Gasteiger partial charge in [-0.3, -0.25) is 0 Å². The minimum absolute atomic E-state index is 0.246. The number of ether oxygens (including phenoxy) is 1. The molecule has 0 atom stereocenters. The second-order valence-electron chi connectivity index (χ2n) is 5.95. The zero-order valence-corrected chi connectivity index (χ0v) is 13.6. The summed E-state index contributed by atoms with van der Waals surface area (Å²) in [7, 11) is 1.65. The van der Waals surface area contributed by atoms with Gasteiger partial charge in [0.05, 0.1) is 24.4 Å². The molecule has 1 aromatic carbocycles. The van der Waals surface area contributed by atoms with Gasteiger partial charge in [-0.2, -0.15) is 0 Å². The zero-order chi connectivity index (χ0) is 16.0. The highest BCUT2D eigenvalue weighted by molar-refractivity contribution is 5.90. The van der Waals surface area contributed by atoms with E-state index in [0.29, 0.717) is 18.0 Å². The first-order valence-corrected chi connectivity index (χ1v) is 7.21. The molecule has 0 bridgehead atoms. The third-order valence-electron chi connectivity index (χ3n) is 2.81. The summed E-state index contributed by atoms with van der Waals surface area (Å²) in [5.74, 6) is 0.668. The molecule has 5 nitrogen and oxygen atoms in total. The Morgan fingerprint density at radius 3 is 2.67 bits per heavy atom. The van der Waals surface area contributed by atoms with E-state index in [0.717, 1.165) is 12.0 Å². The molecule has 21 heavy (non-hydrogen) atoms. The van der Waals surface area contributed by atoms with E-state index in [4.69, 9.17) is 4.74 Å². The Kier molecular flexibility index (Phi) is 6.03. The summed E-state index contributed by atoms with van der Waals surface area (Å²) in [5, 5.41) is 12.6. The molecule has 2 N–H and O–H groups in total. The largest absolute Gasteiger partial charge is 0.491 e. The Hall–Kier alpha value is -1.75. The second kappa shape index (κ2) is 7.31. The summed E-state index contributed by atoms with van der Waals surface area (Å²) in [6, 6.07) is 5.38. The number of hydrogen-bond donors (Lipinski definition) is 2. The summed E-state index contributed by atoms with van der Waals surface area (Å²) in [6.07, 6.45) is 0.903. The van der Waals surface area contributed by atoms with Gasteiger partial charge < -0.3 is 20.1 Å². The smallest absolute Gasteiger partial charge is 0.321 e. The van der Waals surface area contributed by atoms with Crippen molar-refractivity contribution in [1.29, 1.82) is 0 Å². The van der Waals surface area contributed by atoms with E-state index in [2.05, 4.69) is 5.32 Å². The Balaban J connectivity index is 2.79. The van der Waals surface area contributed by atoms with Crippen molar-refractivity contribution in [3.05, 3.63) is 23.8 Å². The molecule has 1 rings (SSSR count). The summed E-state index contributed by atoms with van der Waals surface area (Å²) in [6.45, 7) is 8.19. The Bertz CT molecular complexity index is 481. The Morgan fingerprint density at radius 2 is 2.10 bits per heavy atom. The Morgan fingerprint density at radius 1 is 1.43 bits per heavy atom. The van der Waals surface area contributed by atoms with Gasteiger partial charge >= 0.3 is 6.03 Å². The van der Waals surface area contributed by atoms with Crippen LogP contribution in [0, 0.1) is 6.92 Å². The van der Waals surface area contributed by atoms with Crippen LogP contribution in [0.4, 0.5) is 10.5 Å². The molecule has 118 valence electrons. The van der Waals surface area contributed by atoms with Crippen molar-refractivity contribution in [3.63, 3.8) is 0 Å². The van der Waals surface area contributed by atoms with Crippen molar-refractivity contribution in [1.82, 2.24) is 4.90 Å². The van der Waals surface area contributed by atoms with Crippen LogP contribution >= 0.6 is 0 Å². The number of hydrogen-bond acceptors (Lipinski definition) is 3. The number of aliphatic hydroxyl groups is 1. The van der Waals surface area contributed by atoms with Crippen LogP contribution in [0.5, 0.6) is 5.75 Å². The van der Waals surface area contributed by atoms with Crippen LogP contribution in [0.1, 0.15) is 32.8 Å². The summed E-state index contributed by atoms with van der Waals surface area (Å²) in [5.41, 5.74) is 0.784. The van der Waals surface area contributed by atoms with Crippen LogP contribution in [0.2, 0.25) is 0 Å². The molecule has 0 radical (unpaired) electrons. The number of anilines is 1. The lowest BCUT2D eigenvalue weighted by Crippen LogP contribution is -2.41. The summed E-state index contributed by atoms with van der Waals surface area (Å²) in [4.78, 5) is 13.6. The maximum absolute atomic E-state index is 12.1. The van der Waals surface area contributed by atoms with Gasteiger partial charge in [-0.05, 0) is 44.9 Å². The average Bonchev–Trinajstić information content (AvgIpc) is 2.36. The highest BCUT2D eigenvalue weighted by atomic mass is 16.5. The molecule has 5 heteroatoms. The molecule has 0 aliphatic heterocycles. The van der Waals surface area contributed by atoms with Crippen LogP contribution < -0.4 is 10.1 Å². The van der Waals surface area contributed by atoms with Gasteiger partial charge in [-0.15, -0.1) is 0 Å². The van der Waals surface area contributed by atoms with Crippen LogP contribution in [0.15, 0.2) is 18.2 Å².